The van der Waals surface area contributed by atoms with Crippen molar-refractivity contribution in [1.82, 2.24) is 0 Å². The minimum Gasteiger partial charge on any atom is -0.496 e. The third kappa shape index (κ3) is 3.57. The first kappa shape index (κ1) is 15.4. The molecule has 2 N–H and O–H groups in total. The predicted molar refractivity (Wildman–Crippen MR) is 86.1 cm³/mol. The van der Waals surface area contributed by atoms with Crippen LogP contribution in [0.3, 0.4) is 0 Å². The van der Waals surface area contributed by atoms with Gasteiger partial charge in [0.25, 0.3) is 0 Å². The van der Waals surface area contributed by atoms with Crippen LogP contribution in [0.4, 0.5) is 5.69 Å². The van der Waals surface area contributed by atoms with Gasteiger partial charge in [-0.25, -0.2) is 0 Å². The number of methoxy groups -OCH3 is 1. The number of anilines is 1. The molecule has 0 heterocycles. The zero-order chi connectivity index (χ0) is 15.4. The summed E-state index contributed by atoms with van der Waals surface area (Å²) in [5.74, 6) is 0.736. The molecule has 0 spiro atoms. The van der Waals surface area contributed by atoms with Gasteiger partial charge in [0.1, 0.15) is 5.75 Å². The van der Waals surface area contributed by atoms with Crippen LogP contribution in [0.25, 0.3) is 0 Å². The maximum atomic E-state index is 9.31. The molecule has 0 atom stereocenters. The number of nitrogens with zero attached hydrogens (tertiary/aromatic N) is 1. The lowest BCUT2D eigenvalue weighted by Crippen LogP contribution is -2.30. The van der Waals surface area contributed by atoms with E-state index in [0.717, 1.165) is 17.0 Å². The molecule has 2 rings (SSSR count). The Hall–Kier alpha value is -1.98. The minimum absolute atomic E-state index is 0.462. The van der Waals surface area contributed by atoms with E-state index in [-0.39, 0.29) is 0 Å². The van der Waals surface area contributed by atoms with Crippen LogP contribution in [-0.2, 0) is 6.54 Å². The van der Waals surface area contributed by atoms with Crippen LogP contribution in [0.15, 0.2) is 42.5 Å². The minimum atomic E-state index is -1.47. The van der Waals surface area contributed by atoms with Crippen LogP contribution in [0.2, 0.25) is 0 Å². The fraction of sp³-hybridized carbons (Fsp3) is 0.250. The third-order valence-corrected chi connectivity index (χ3v) is 3.54. The Morgan fingerprint density at radius 2 is 1.86 bits per heavy atom. The molecule has 0 aliphatic heterocycles. The maximum absolute atomic E-state index is 9.31. The molecule has 2 aromatic carbocycles. The number of rotatable bonds is 5. The fourth-order valence-corrected chi connectivity index (χ4v) is 2.42. The van der Waals surface area contributed by atoms with Crippen molar-refractivity contribution in [2.75, 3.05) is 19.1 Å². The Morgan fingerprint density at radius 3 is 2.48 bits per heavy atom. The van der Waals surface area contributed by atoms with Gasteiger partial charge in [0.15, 0.2) is 0 Å². The van der Waals surface area contributed by atoms with Gasteiger partial charge in [-0.05, 0) is 30.1 Å². The number of ether oxygens (including phenoxy) is 1. The number of benzene rings is 2. The standard InChI is InChI=1S/C16H20BNO3/c1-12-6-4-5-7-15(12)18(2)11-13-10-14(17(19)20)8-9-16(13)21-3/h4-10,19-20H,11H2,1-3H3. The molecule has 4 nitrogen and oxygen atoms in total. The number of aryl methyl sites for hydroxylation is 1. The summed E-state index contributed by atoms with van der Waals surface area (Å²) in [6.45, 7) is 2.69. The molecule has 0 aromatic heterocycles. The summed E-state index contributed by atoms with van der Waals surface area (Å²) in [6.07, 6.45) is 0. The highest BCUT2D eigenvalue weighted by Crippen LogP contribution is 2.23. The smallest absolute Gasteiger partial charge is 0.488 e. The quantitative estimate of drug-likeness (QED) is 0.814. The van der Waals surface area contributed by atoms with E-state index in [1.54, 1.807) is 25.3 Å². The van der Waals surface area contributed by atoms with Crippen molar-refractivity contribution in [1.29, 1.82) is 0 Å². The highest BCUT2D eigenvalue weighted by atomic mass is 16.5. The molecular formula is C16H20BNO3. The highest BCUT2D eigenvalue weighted by Gasteiger charge is 2.15. The van der Waals surface area contributed by atoms with Gasteiger partial charge in [-0.2, -0.15) is 0 Å². The van der Waals surface area contributed by atoms with Gasteiger partial charge in [-0.1, -0.05) is 30.3 Å². The summed E-state index contributed by atoms with van der Waals surface area (Å²) < 4.78 is 5.36. The van der Waals surface area contributed by atoms with E-state index in [0.29, 0.717) is 12.0 Å². The SMILES string of the molecule is COc1ccc(B(O)O)cc1CN(C)c1ccccc1C. The lowest BCUT2D eigenvalue weighted by Gasteiger charge is -2.23. The van der Waals surface area contributed by atoms with Crippen LogP contribution in [0.1, 0.15) is 11.1 Å². The molecular weight excluding hydrogens is 265 g/mol. The summed E-state index contributed by atoms with van der Waals surface area (Å²) in [5.41, 5.74) is 3.70. The summed E-state index contributed by atoms with van der Waals surface area (Å²) in [4.78, 5) is 2.11. The van der Waals surface area contributed by atoms with Crippen molar-refractivity contribution in [3.05, 3.63) is 53.6 Å². The molecule has 21 heavy (non-hydrogen) atoms. The predicted octanol–water partition coefficient (Wildman–Crippen LogP) is 1.32. The van der Waals surface area contributed by atoms with Gasteiger partial charge in [-0.3, -0.25) is 0 Å². The Morgan fingerprint density at radius 1 is 1.14 bits per heavy atom. The molecule has 0 radical (unpaired) electrons. The summed E-state index contributed by atoms with van der Waals surface area (Å²) in [7, 11) is 2.14. The van der Waals surface area contributed by atoms with E-state index in [1.807, 2.05) is 19.2 Å². The van der Waals surface area contributed by atoms with Gasteiger partial charge in [-0.15, -0.1) is 0 Å². The zero-order valence-electron chi connectivity index (χ0n) is 12.6. The molecule has 0 aliphatic rings. The van der Waals surface area contributed by atoms with Gasteiger partial charge < -0.3 is 19.7 Å². The van der Waals surface area contributed by atoms with Gasteiger partial charge in [0.05, 0.1) is 7.11 Å². The lowest BCUT2D eigenvalue weighted by atomic mass is 9.79. The largest absolute Gasteiger partial charge is 0.496 e. The maximum Gasteiger partial charge on any atom is 0.488 e. The third-order valence-electron chi connectivity index (χ3n) is 3.54. The molecule has 2 aromatic rings. The number of hydrogen-bond acceptors (Lipinski definition) is 4. The topological polar surface area (TPSA) is 52.9 Å². The molecule has 0 amide bonds. The normalized spacial score (nSPS) is 10.3. The molecule has 5 heteroatoms. The van der Waals surface area contributed by atoms with E-state index < -0.39 is 7.12 Å². The molecule has 0 saturated heterocycles. The van der Waals surface area contributed by atoms with Crippen LogP contribution in [-0.4, -0.2) is 31.3 Å². The molecule has 110 valence electrons. The lowest BCUT2D eigenvalue weighted by molar-refractivity contribution is 0.409. The average molecular weight is 285 g/mol. The summed E-state index contributed by atoms with van der Waals surface area (Å²) in [6, 6.07) is 13.3. The second-order valence-electron chi connectivity index (χ2n) is 5.09. The average Bonchev–Trinajstić information content (AvgIpc) is 2.47. The Kier molecular flexibility index (Phi) is 4.88. The first-order valence-electron chi connectivity index (χ1n) is 6.82. The van der Waals surface area contributed by atoms with Crippen molar-refractivity contribution in [2.45, 2.75) is 13.5 Å². The zero-order valence-corrected chi connectivity index (χ0v) is 12.6. The van der Waals surface area contributed by atoms with Crippen molar-refractivity contribution < 1.29 is 14.8 Å². The fourth-order valence-electron chi connectivity index (χ4n) is 2.42. The van der Waals surface area contributed by atoms with E-state index in [9.17, 15) is 10.0 Å². The van der Waals surface area contributed by atoms with E-state index in [1.165, 1.54) is 5.56 Å². The van der Waals surface area contributed by atoms with Gasteiger partial charge in [0.2, 0.25) is 0 Å². The van der Waals surface area contributed by atoms with E-state index in [4.69, 9.17) is 4.74 Å². The Bertz CT molecular complexity index is 616. The van der Waals surface area contributed by atoms with Crippen molar-refractivity contribution in [3.63, 3.8) is 0 Å². The highest BCUT2D eigenvalue weighted by molar-refractivity contribution is 6.58. The van der Waals surface area contributed by atoms with E-state index >= 15 is 0 Å². The summed E-state index contributed by atoms with van der Waals surface area (Å²) in [5, 5.41) is 18.6. The van der Waals surface area contributed by atoms with Crippen molar-refractivity contribution in [3.8, 4) is 5.75 Å². The second-order valence-corrected chi connectivity index (χ2v) is 5.09. The van der Waals surface area contributed by atoms with Crippen LogP contribution < -0.4 is 15.1 Å². The van der Waals surface area contributed by atoms with Crippen LogP contribution in [0.5, 0.6) is 5.75 Å². The first-order chi connectivity index (χ1) is 10.0. The second kappa shape index (κ2) is 6.65. The molecule has 0 aliphatic carbocycles. The molecule has 0 saturated carbocycles. The van der Waals surface area contributed by atoms with Crippen molar-refractivity contribution in [2.24, 2.45) is 0 Å². The van der Waals surface area contributed by atoms with Crippen LogP contribution >= 0.6 is 0 Å². The monoisotopic (exact) mass is 285 g/mol. The Balaban J connectivity index is 2.29. The Labute approximate surface area is 125 Å². The number of hydrogen-bond donors (Lipinski definition) is 2. The number of para-hydroxylation sites is 1. The van der Waals surface area contributed by atoms with Crippen LogP contribution in [0, 0.1) is 6.92 Å². The first-order valence-corrected chi connectivity index (χ1v) is 6.82. The molecule has 0 fully saturated rings. The van der Waals surface area contributed by atoms with Gasteiger partial charge in [0, 0.05) is 24.8 Å². The summed E-state index contributed by atoms with van der Waals surface area (Å²) >= 11 is 0. The van der Waals surface area contributed by atoms with Gasteiger partial charge >= 0.3 is 7.12 Å². The molecule has 0 unspecified atom stereocenters. The van der Waals surface area contributed by atoms with Crippen molar-refractivity contribution >= 4 is 18.3 Å². The molecule has 0 bridgehead atoms. The van der Waals surface area contributed by atoms with E-state index in [2.05, 4.69) is 24.0 Å².